The molecule has 2 N–H and O–H groups in total. The van der Waals surface area contributed by atoms with Crippen LogP contribution in [0, 0.1) is 0 Å². The van der Waals surface area contributed by atoms with E-state index in [1.165, 1.54) is 0 Å². The van der Waals surface area contributed by atoms with E-state index in [1.54, 1.807) is 0 Å². The Balaban J connectivity index is -0.0000000480. The first-order valence-electron chi connectivity index (χ1n) is 1.15. The van der Waals surface area contributed by atoms with Gasteiger partial charge in [-0.05, 0) is 0 Å². The van der Waals surface area contributed by atoms with E-state index in [1.807, 2.05) is 0 Å². The van der Waals surface area contributed by atoms with Gasteiger partial charge in [-0.1, -0.05) is 0 Å². The van der Waals surface area contributed by atoms with E-state index in [-0.39, 0.29) is 8.41 Å². The molecule has 0 atom stereocenters. The smallest absolute Gasteiger partial charge is 0.450 e. The first-order valence-corrected chi connectivity index (χ1v) is 1.15. The van der Waals surface area contributed by atoms with Gasteiger partial charge >= 0.3 is 6.16 Å². The fourth-order valence-electron chi connectivity index (χ4n) is 0. The van der Waals surface area contributed by atoms with E-state index >= 15 is 0 Å². The summed E-state index contributed by atoms with van der Waals surface area (Å²) in [5.41, 5.74) is 0. The summed E-state index contributed by atoms with van der Waals surface area (Å²) in [4.78, 5) is 8.56. The second-order valence-electron chi connectivity index (χ2n) is 0.283. The van der Waals surface area contributed by atoms with Crippen LogP contribution >= 0.6 is 0 Å². The van der Waals surface area contributed by atoms with Crippen molar-refractivity contribution in [2.45, 2.75) is 0 Å². The Hall–Kier alpha value is -0.925. The highest BCUT2D eigenvalue weighted by Crippen LogP contribution is 1.42. The topological polar surface area (TPSA) is 57.5 Å². The van der Waals surface area contributed by atoms with E-state index in [2.05, 4.69) is 13.2 Å². The molecule has 0 aromatic heterocycles. The van der Waals surface area contributed by atoms with Crippen molar-refractivity contribution in [3.8, 4) is 0 Å². The van der Waals surface area contributed by atoms with Crippen LogP contribution in [0.25, 0.3) is 0 Å². The summed E-state index contributed by atoms with van der Waals surface area (Å²) >= 11 is 0. The third kappa shape index (κ3) is 56.1. The molecule has 0 aliphatic heterocycles. The number of hydrogen-bond donors (Lipinski definition) is 2. The van der Waals surface area contributed by atoms with Gasteiger partial charge in [0.15, 0.2) is 0 Å². The lowest BCUT2D eigenvalue weighted by molar-refractivity contribution is 0.137. The molecule has 0 aromatic carbocycles. The Morgan fingerprint density at radius 2 is 1.29 bits per heavy atom. The van der Waals surface area contributed by atoms with Gasteiger partial charge in [0.25, 0.3) is 0 Å². The molecule has 0 spiro atoms. The Morgan fingerprint density at radius 1 is 1.29 bits per heavy atom. The molecule has 4 heteroatoms. The zero-order chi connectivity index (χ0) is 5.58. The van der Waals surface area contributed by atoms with Crippen LogP contribution in [0.5, 0.6) is 0 Å². The normalized spacial score (nSPS) is 4.00. The lowest BCUT2D eigenvalue weighted by Gasteiger charge is -1.60. The van der Waals surface area contributed by atoms with Gasteiger partial charge in [-0.3, -0.25) is 0 Å². The van der Waals surface area contributed by atoms with Gasteiger partial charge in [-0.2, -0.15) is 0 Å². The molecular weight excluding hydrogens is 94.8 g/mol. The Kier molecular flexibility index (Phi) is 46.3. The lowest BCUT2D eigenvalue weighted by atomic mass is 10.8. The summed E-state index contributed by atoms with van der Waals surface area (Å²) < 4.78 is 0. The fraction of sp³-hybridized carbons (Fsp3) is 0. The number of carbonyl (C=O) groups is 1. The molecule has 3 radical (unpaired) electrons. The summed E-state index contributed by atoms with van der Waals surface area (Å²) in [5.74, 6) is 0. The second kappa shape index (κ2) is 19.6. The average molecular weight is 101 g/mol. The molecule has 0 fully saturated rings. The van der Waals surface area contributed by atoms with Gasteiger partial charge in [-0.25, -0.2) is 4.79 Å². The van der Waals surface area contributed by atoms with E-state index in [0.717, 1.165) is 0 Å². The monoisotopic (exact) mass is 101 g/mol. The van der Waals surface area contributed by atoms with Crippen molar-refractivity contribution >= 4 is 14.6 Å². The van der Waals surface area contributed by atoms with Gasteiger partial charge in [0.05, 0.1) is 0 Å². The van der Waals surface area contributed by atoms with Crippen molar-refractivity contribution < 1.29 is 15.0 Å². The molecule has 0 rings (SSSR count). The third-order valence-corrected chi connectivity index (χ3v) is 0. The van der Waals surface area contributed by atoms with Crippen LogP contribution in [0.2, 0.25) is 0 Å². The van der Waals surface area contributed by atoms with Crippen molar-refractivity contribution in [1.82, 2.24) is 0 Å². The van der Waals surface area contributed by atoms with E-state index in [9.17, 15) is 0 Å². The zero-order valence-corrected chi connectivity index (χ0v) is 3.79. The summed E-state index contributed by atoms with van der Waals surface area (Å²) in [5, 5.41) is 13.9. The summed E-state index contributed by atoms with van der Waals surface area (Å²) in [7, 11) is 0. The predicted molar refractivity (Wildman–Crippen MR) is 27.7 cm³/mol. The standard InChI is InChI=1S/C2H4.CH2O3.B/c1-2;2-1(3)4;/h1-2H2;(H2,2,3,4);. The molecule has 0 saturated heterocycles. The molecule has 3 nitrogen and oxygen atoms in total. The molecule has 0 bridgehead atoms. The minimum absolute atomic E-state index is 0. The molecule has 39 valence electrons. The van der Waals surface area contributed by atoms with E-state index < -0.39 is 6.16 Å². The van der Waals surface area contributed by atoms with E-state index in [0.29, 0.717) is 0 Å². The predicted octanol–water partition coefficient (Wildman–Crippen LogP) is 0.644. The van der Waals surface area contributed by atoms with Gasteiger partial charge in [0.2, 0.25) is 0 Å². The van der Waals surface area contributed by atoms with Crippen molar-refractivity contribution in [2.75, 3.05) is 0 Å². The quantitative estimate of drug-likeness (QED) is 0.347. The van der Waals surface area contributed by atoms with Crippen LogP contribution in [0.4, 0.5) is 4.79 Å². The molecule has 7 heavy (non-hydrogen) atoms. The molecule has 0 aliphatic rings. The van der Waals surface area contributed by atoms with Crippen LogP contribution in [-0.2, 0) is 0 Å². The molecule has 0 amide bonds. The molecular formula is C3H6BO3. The molecule has 0 unspecified atom stereocenters. The van der Waals surface area contributed by atoms with Crippen molar-refractivity contribution in [3.63, 3.8) is 0 Å². The Morgan fingerprint density at radius 3 is 1.29 bits per heavy atom. The minimum Gasteiger partial charge on any atom is -0.450 e. The molecule has 0 aliphatic carbocycles. The summed E-state index contributed by atoms with van der Waals surface area (Å²) in [6.07, 6.45) is -1.83. The molecule has 0 heterocycles. The fourth-order valence-corrected chi connectivity index (χ4v) is 0. The number of hydrogen-bond acceptors (Lipinski definition) is 1. The average Bonchev–Trinajstić information content (AvgIpc) is 1.41. The third-order valence-electron chi connectivity index (χ3n) is 0. The van der Waals surface area contributed by atoms with Crippen LogP contribution in [-0.4, -0.2) is 24.8 Å². The van der Waals surface area contributed by atoms with Crippen molar-refractivity contribution in [2.24, 2.45) is 0 Å². The number of rotatable bonds is 0. The maximum absolute atomic E-state index is 8.56. The minimum atomic E-state index is -1.83. The lowest BCUT2D eigenvalue weighted by Crippen LogP contribution is -1.81. The van der Waals surface area contributed by atoms with Crippen LogP contribution in [0.3, 0.4) is 0 Å². The number of carboxylic acid groups (broad SMARTS) is 2. The highest BCUT2D eigenvalue weighted by atomic mass is 16.6. The maximum atomic E-state index is 8.56. The van der Waals surface area contributed by atoms with Crippen LogP contribution in [0.15, 0.2) is 13.2 Å². The second-order valence-corrected chi connectivity index (χ2v) is 0.283. The van der Waals surface area contributed by atoms with Crippen LogP contribution in [0.1, 0.15) is 0 Å². The highest BCUT2D eigenvalue weighted by molar-refractivity contribution is 5.75. The van der Waals surface area contributed by atoms with Gasteiger partial charge < -0.3 is 10.2 Å². The first kappa shape index (κ1) is 16.5. The van der Waals surface area contributed by atoms with Gasteiger partial charge in [0, 0.05) is 8.41 Å². The largest absolute Gasteiger partial charge is 0.503 e. The van der Waals surface area contributed by atoms with Crippen molar-refractivity contribution in [1.29, 1.82) is 0 Å². The van der Waals surface area contributed by atoms with E-state index in [4.69, 9.17) is 15.0 Å². The molecule has 0 saturated carbocycles. The first-order chi connectivity index (χ1) is 2.73. The Labute approximate surface area is 43.9 Å². The van der Waals surface area contributed by atoms with Crippen LogP contribution < -0.4 is 0 Å². The molecule has 0 aromatic rings. The zero-order valence-electron chi connectivity index (χ0n) is 3.79. The van der Waals surface area contributed by atoms with Crippen molar-refractivity contribution in [3.05, 3.63) is 13.2 Å². The summed E-state index contributed by atoms with van der Waals surface area (Å²) in [6, 6.07) is 0. The van der Waals surface area contributed by atoms with Gasteiger partial charge in [0.1, 0.15) is 0 Å². The van der Waals surface area contributed by atoms with Gasteiger partial charge in [-0.15, -0.1) is 13.2 Å². The maximum Gasteiger partial charge on any atom is 0.503 e. The Bertz CT molecular complexity index is 41.4. The summed E-state index contributed by atoms with van der Waals surface area (Å²) in [6.45, 7) is 6.00. The SMILES string of the molecule is C=C.O=C(O)O.[B]. The highest BCUT2D eigenvalue weighted by Gasteiger charge is 1.70.